The van der Waals surface area contributed by atoms with Crippen LogP contribution >= 0.6 is 0 Å². The van der Waals surface area contributed by atoms with E-state index in [1.165, 1.54) is 63.4 Å². The Morgan fingerprint density at radius 2 is 1.54 bits per heavy atom. The van der Waals surface area contributed by atoms with E-state index in [2.05, 4.69) is 37.8 Å². The van der Waals surface area contributed by atoms with Crippen molar-refractivity contribution in [1.82, 2.24) is 0 Å². The zero-order valence-corrected chi connectivity index (χ0v) is 23.7. The molecular formula is C32H50O5. The van der Waals surface area contributed by atoms with Crippen molar-refractivity contribution in [2.75, 3.05) is 19.8 Å². The number of hydrogen-bond acceptors (Lipinski definition) is 5. The van der Waals surface area contributed by atoms with Gasteiger partial charge in [0.2, 0.25) is 0 Å². The molecule has 0 bridgehead atoms. The molecule has 37 heavy (non-hydrogen) atoms. The number of carbonyl (C=O) groups excluding carboxylic acids is 2. The number of hydrogen-bond donors (Lipinski definition) is 1. The number of rotatable bonds is 16. The van der Waals surface area contributed by atoms with Crippen LogP contribution in [0.3, 0.4) is 0 Å². The Hall–Kier alpha value is -2.14. The molecule has 0 amide bonds. The quantitative estimate of drug-likeness (QED) is 0.148. The van der Waals surface area contributed by atoms with E-state index < -0.39 is 17.4 Å². The number of aliphatic hydroxyl groups excluding tert-OH is 1. The van der Waals surface area contributed by atoms with E-state index in [0.29, 0.717) is 12.0 Å². The summed E-state index contributed by atoms with van der Waals surface area (Å²) in [7, 11) is 0. The van der Waals surface area contributed by atoms with Crippen molar-refractivity contribution in [3.8, 4) is 0 Å². The molecule has 0 heterocycles. The van der Waals surface area contributed by atoms with Gasteiger partial charge in [-0.1, -0.05) is 89.1 Å². The molecule has 0 aliphatic heterocycles. The molecule has 5 nitrogen and oxygen atoms in total. The van der Waals surface area contributed by atoms with Gasteiger partial charge in [0.1, 0.15) is 0 Å². The molecule has 1 aromatic carbocycles. The van der Waals surface area contributed by atoms with Crippen molar-refractivity contribution in [3.63, 3.8) is 0 Å². The molecule has 1 fully saturated rings. The predicted octanol–water partition coefficient (Wildman–Crippen LogP) is 6.85. The summed E-state index contributed by atoms with van der Waals surface area (Å²) in [5.41, 5.74) is 1.85. The van der Waals surface area contributed by atoms with Crippen molar-refractivity contribution in [3.05, 3.63) is 47.5 Å². The summed E-state index contributed by atoms with van der Waals surface area (Å²) >= 11 is 0. The Bertz CT molecular complexity index is 833. The molecule has 1 aliphatic rings. The average molecular weight is 515 g/mol. The minimum absolute atomic E-state index is 0.120. The van der Waals surface area contributed by atoms with Crippen LogP contribution in [0.5, 0.6) is 0 Å². The van der Waals surface area contributed by atoms with E-state index >= 15 is 0 Å². The molecule has 0 radical (unpaired) electrons. The summed E-state index contributed by atoms with van der Waals surface area (Å²) in [4.78, 5) is 24.2. The van der Waals surface area contributed by atoms with Crippen LogP contribution in [-0.2, 0) is 31.9 Å². The van der Waals surface area contributed by atoms with Crippen molar-refractivity contribution < 1.29 is 24.2 Å². The van der Waals surface area contributed by atoms with Gasteiger partial charge >= 0.3 is 11.9 Å². The molecule has 1 aliphatic carbocycles. The molecular weight excluding hydrogens is 464 g/mol. The number of aryl methyl sites for hydroxylation is 1. The van der Waals surface area contributed by atoms with E-state index in [-0.39, 0.29) is 25.7 Å². The van der Waals surface area contributed by atoms with Crippen LogP contribution < -0.4 is 0 Å². The van der Waals surface area contributed by atoms with E-state index in [9.17, 15) is 14.7 Å². The molecule has 0 aromatic heterocycles. The van der Waals surface area contributed by atoms with E-state index in [4.69, 9.17) is 9.47 Å². The van der Waals surface area contributed by atoms with Crippen LogP contribution in [0.4, 0.5) is 0 Å². The zero-order chi connectivity index (χ0) is 27.3. The lowest BCUT2D eigenvalue weighted by Crippen LogP contribution is -2.32. The fourth-order valence-corrected chi connectivity index (χ4v) is 4.97. The van der Waals surface area contributed by atoms with E-state index in [1.807, 2.05) is 0 Å². The Morgan fingerprint density at radius 3 is 2.11 bits per heavy atom. The van der Waals surface area contributed by atoms with Gasteiger partial charge in [-0.25, -0.2) is 4.79 Å². The molecule has 2 rings (SSSR count). The summed E-state index contributed by atoms with van der Waals surface area (Å²) in [5, 5.41) is 9.43. The maximum atomic E-state index is 12.3. The van der Waals surface area contributed by atoms with Gasteiger partial charge in [0.25, 0.3) is 0 Å². The third-order valence-corrected chi connectivity index (χ3v) is 7.77. The minimum Gasteiger partial charge on any atom is -0.465 e. The van der Waals surface area contributed by atoms with Gasteiger partial charge < -0.3 is 14.6 Å². The molecule has 1 N–H and O–H groups in total. The Balaban J connectivity index is 1.84. The average Bonchev–Trinajstić information content (AvgIpc) is 2.90. The Kier molecular flexibility index (Phi) is 13.4. The summed E-state index contributed by atoms with van der Waals surface area (Å²) in [6.07, 6.45) is 14.1. The number of esters is 2. The van der Waals surface area contributed by atoms with Crippen molar-refractivity contribution >= 4 is 11.9 Å². The predicted molar refractivity (Wildman–Crippen MR) is 149 cm³/mol. The molecule has 1 saturated carbocycles. The van der Waals surface area contributed by atoms with Crippen LogP contribution in [0.15, 0.2) is 36.4 Å². The second kappa shape index (κ2) is 16.0. The first kappa shape index (κ1) is 31.1. The lowest BCUT2D eigenvalue weighted by atomic mass is 9.78. The van der Waals surface area contributed by atoms with E-state index in [0.717, 1.165) is 23.8 Å². The summed E-state index contributed by atoms with van der Waals surface area (Å²) in [6.45, 7) is 10.8. The molecule has 1 aromatic rings. The van der Waals surface area contributed by atoms with Gasteiger partial charge in [-0.3, -0.25) is 4.79 Å². The number of benzene rings is 1. The van der Waals surface area contributed by atoms with Gasteiger partial charge in [-0.05, 0) is 63.0 Å². The van der Waals surface area contributed by atoms with Crippen molar-refractivity contribution in [2.24, 2.45) is 23.2 Å². The normalized spacial score (nSPS) is 18.7. The molecule has 1 unspecified atom stereocenters. The Labute approximate surface area is 225 Å². The van der Waals surface area contributed by atoms with Gasteiger partial charge in [0, 0.05) is 11.5 Å². The second-order valence-electron chi connectivity index (χ2n) is 11.8. The van der Waals surface area contributed by atoms with Crippen LogP contribution in [0.2, 0.25) is 0 Å². The summed E-state index contributed by atoms with van der Waals surface area (Å²) in [5.74, 6) is 0.722. The maximum Gasteiger partial charge on any atom is 0.333 e. The van der Waals surface area contributed by atoms with Gasteiger partial charge in [0.15, 0.2) is 0 Å². The molecule has 1 atom stereocenters. The number of aliphatic hydroxyl groups is 1. The largest absolute Gasteiger partial charge is 0.465 e. The van der Waals surface area contributed by atoms with Crippen LogP contribution in [0.25, 0.3) is 0 Å². The first-order chi connectivity index (χ1) is 17.6. The third kappa shape index (κ3) is 11.4. The number of carbonyl (C=O) groups is 2. The van der Waals surface area contributed by atoms with Gasteiger partial charge in [-0.15, -0.1) is 0 Å². The summed E-state index contributed by atoms with van der Waals surface area (Å²) in [6, 6.07) is 8.66. The molecule has 0 saturated heterocycles. The highest BCUT2D eigenvalue weighted by Crippen LogP contribution is 2.34. The number of ether oxygens (including phenoxy) is 2. The molecule has 0 spiro atoms. The fourth-order valence-electron chi connectivity index (χ4n) is 4.97. The lowest BCUT2D eigenvalue weighted by molar-refractivity contribution is -0.158. The Morgan fingerprint density at radius 1 is 0.973 bits per heavy atom. The van der Waals surface area contributed by atoms with Crippen LogP contribution in [0, 0.1) is 23.2 Å². The minimum atomic E-state index is -0.963. The maximum absolute atomic E-state index is 12.3. The van der Waals surface area contributed by atoms with Crippen molar-refractivity contribution in [2.45, 2.75) is 98.3 Å². The first-order valence-electron chi connectivity index (χ1n) is 14.3. The van der Waals surface area contributed by atoms with Gasteiger partial charge in [-0.2, -0.15) is 0 Å². The van der Waals surface area contributed by atoms with E-state index in [1.54, 1.807) is 20.8 Å². The van der Waals surface area contributed by atoms with Crippen LogP contribution in [-0.4, -0.2) is 36.9 Å². The third-order valence-electron chi connectivity index (χ3n) is 7.77. The van der Waals surface area contributed by atoms with Crippen molar-refractivity contribution in [1.29, 1.82) is 0 Å². The molecule has 5 heteroatoms. The highest BCUT2D eigenvalue weighted by molar-refractivity contribution is 5.86. The van der Waals surface area contributed by atoms with Gasteiger partial charge in [0.05, 0.1) is 25.2 Å². The highest BCUT2D eigenvalue weighted by atomic mass is 16.5. The number of unbranched alkanes of at least 4 members (excludes halogenated alkanes) is 2. The smallest absolute Gasteiger partial charge is 0.333 e. The monoisotopic (exact) mass is 514 g/mol. The summed E-state index contributed by atoms with van der Waals surface area (Å²) < 4.78 is 10.8. The fraction of sp³-hybridized carbons (Fsp3) is 0.688. The first-order valence-corrected chi connectivity index (χ1v) is 14.3. The highest BCUT2D eigenvalue weighted by Gasteiger charge is 2.29. The standard InChI is InChI=1S/C32H50O5/c1-6-7-8-9-25-10-12-26(13-11-25)14-15-27-16-18-28(19-17-27)20-29(21-36-30(34)24(2)3)22-37-31(35)32(4,5)23-33/h16-19,25-26,29,33H,2,6-15,20-23H2,1,3-5H3. The SMILES string of the molecule is C=C(C)C(=O)OCC(COC(=O)C(C)(C)CO)Cc1ccc(CCC2CCC(CCCCC)CC2)cc1. The molecule has 208 valence electrons. The lowest BCUT2D eigenvalue weighted by Gasteiger charge is -2.28. The second-order valence-corrected chi connectivity index (χ2v) is 11.8. The topological polar surface area (TPSA) is 72.8 Å². The zero-order valence-electron chi connectivity index (χ0n) is 23.7. The van der Waals surface area contributed by atoms with Crippen LogP contribution in [0.1, 0.15) is 96.6 Å².